The number of carbonyl (C=O) groups is 2. The summed E-state index contributed by atoms with van der Waals surface area (Å²) in [6.45, 7) is -0.944. The summed E-state index contributed by atoms with van der Waals surface area (Å²) in [7, 11) is 0. The quantitative estimate of drug-likeness (QED) is 0.375. The van der Waals surface area contributed by atoms with Crippen molar-refractivity contribution in [3.8, 4) is 0 Å². The number of rotatable bonds is 9. The van der Waals surface area contributed by atoms with E-state index in [-0.39, 0.29) is 0 Å². The second-order valence-electron chi connectivity index (χ2n) is 5.38. The van der Waals surface area contributed by atoms with Gasteiger partial charge in [-0.3, -0.25) is 9.59 Å². The lowest BCUT2D eigenvalue weighted by molar-refractivity contribution is -0.269. The van der Waals surface area contributed by atoms with E-state index in [1.807, 2.05) is 0 Å². The molecule has 0 rings (SSSR count). The molecule has 0 aromatic heterocycles. The third-order valence-corrected chi connectivity index (χ3v) is 3.49. The summed E-state index contributed by atoms with van der Waals surface area (Å²) in [5, 5.41) is -10.1. The van der Waals surface area contributed by atoms with Crippen LogP contribution in [0.2, 0.25) is 0 Å². The lowest BCUT2D eigenvalue weighted by atomic mass is 10.1. The first-order valence-corrected chi connectivity index (χ1v) is 7.44. The van der Waals surface area contributed by atoms with Gasteiger partial charge in [0, 0.05) is 12.6 Å². The molecule has 0 fully saturated rings. The first kappa shape index (κ1) is 27.7. The lowest BCUT2D eigenvalue weighted by Gasteiger charge is -2.30. The number of carbonyl (C=O) groups excluding carboxylic acids is 2. The second-order valence-corrected chi connectivity index (χ2v) is 6.33. The van der Waals surface area contributed by atoms with Crippen LogP contribution in [-0.4, -0.2) is 58.9 Å². The van der Waals surface area contributed by atoms with Gasteiger partial charge in [0.25, 0.3) is 11.8 Å². The zero-order chi connectivity index (χ0) is 23.9. The molecule has 0 aromatic carbocycles. The highest BCUT2D eigenvalue weighted by molar-refractivity contribution is 6.23. The van der Waals surface area contributed by atoms with Crippen LogP contribution < -0.4 is 10.6 Å². The van der Waals surface area contributed by atoms with Crippen LogP contribution in [0.5, 0.6) is 0 Å². The summed E-state index contributed by atoms with van der Waals surface area (Å²) in [5.74, 6) is -31.3. The summed E-state index contributed by atoms with van der Waals surface area (Å²) in [4.78, 5) is 22.1. The summed E-state index contributed by atoms with van der Waals surface area (Å²) < 4.78 is 154. The molecule has 0 aliphatic carbocycles. The minimum absolute atomic E-state index is 0.539. The molecule has 2 N–H and O–H groups in total. The first-order chi connectivity index (χ1) is 12.4. The van der Waals surface area contributed by atoms with Crippen molar-refractivity contribution in [3.63, 3.8) is 0 Å². The Balaban J connectivity index is 5.17. The Bertz CT molecular complexity index is 632. The van der Waals surface area contributed by atoms with E-state index in [9.17, 15) is 62.3 Å². The number of hydrogen-bond acceptors (Lipinski definition) is 2. The summed E-state index contributed by atoms with van der Waals surface area (Å²) in [5.41, 5.74) is 0. The van der Waals surface area contributed by atoms with Crippen molar-refractivity contribution in [3.05, 3.63) is 0 Å². The Morgan fingerprint density at radius 3 is 1.34 bits per heavy atom. The Kier molecular flexibility index (Phi) is 7.71. The van der Waals surface area contributed by atoms with Gasteiger partial charge in [-0.2, -0.15) is 52.7 Å². The molecule has 0 bridgehead atoms. The molecule has 0 aromatic rings. The first-order valence-electron chi connectivity index (χ1n) is 6.68. The monoisotopic (exact) mass is 498 g/mol. The van der Waals surface area contributed by atoms with Crippen molar-refractivity contribution in [2.75, 3.05) is 6.54 Å². The Morgan fingerprint density at radius 1 is 0.724 bits per heavy atom. The van der Waals surface area contributed by atoms with Crippen molar-refractivity contribution >= 4 is 35.0 Å². The van der Waals surface area contributed by atoms with Crippen molar-refractivity contribution < 1.29 is 62.3 Å². The van der Waals surface area contributed by atoms with Gasteiger partial charge in [-0.25, -0.2) is 0 Å². The van der Waals surface area contributed by atoms with Gasteiger partial charge in [0.15, 0.2) is 0 Å². The minimum atomic E-state index is -6.42. The van der Waals surface area contributed by atoms with Gasteiger partial charge in [-0.1, -0.05) is 0 Å². The maximum atomic E-state index is 13.2. The maximum absolute atomic E-state index is 13.2. The van der Waals surface area contributed by atoms with Crippen LogP contribution in [-0.2, 0) is 9.59 Å². The fourth-order valence-electron chi connectivity index (χ4n) is 1.36. The second kappa shape index (κ2) is 8.07. The molecule has 0 radical (unpaired) electrons. The largest absolute Gasteiger partial charge is 0.395 e. The Hall–Kier alpha value is -1.32. The van der Waals surface area contributed by atoms with Gasteiger partial charge >= 0.3 is 34.5 Å². The van der Waals surface area contributed by atoms with E-state index in [2.05, 4.69) is 23.2 Å². The Labute approximate surface area is 162 Å². The molecule has 0 saturated heterocycles. The summed E-state index contributed by atoms with van der Waals surface area (Å²) in [6.07, 6.45) is 0. The molecule has 0 aliphatic heterocycles. The van der Waals surface area contributed by atoms with Crippen LogP contribution in [0.25, 0.3) is 0 Å². The highest BCUT2D eigenvalue weighted by Gasteiger charge is 2.75. The summed E-state index contributed by atoms with van der Waals surface area (Å²) in [6, 6.07) is -2.04. The normalized spacial score (nSPS) is 15.7. The number of amides is 2. The predicted octanol–water partition coefficient (Wildman–Crippen LogP) is 3.81. The number of hydrogen-bond donors (Lipinski definition) is 2. The van der Waals surface area contributed by atoms with Gasteiger partial charge in [-0.15, -0.1) is 0 Å². The molecule has 0 unspecified atom stereocenters. The third kappa shape index (κ3) is 5.24. The maximum Gasteiger partial charge on any atom is 0.395 e. The van der Waals surface area contributed by atoms with Crippen molar-refractivity contribution in [1.82, 2.24) is 10.6 Å². The highest BCUT2D eigenvalue weighted by Crippen LogP contribution is 2.49. The van der Waals surface area contributed by atoms with E-state index >= 15 is 0 Å². The minimum Gasteiger partial charge on any atom is -0.349 e. The van der Waals surface area contributed by atoms with Crippen molar-refractivity contribution in [2.24, 2.45) is 0 Å². The van der Waals surface area contributed by atoms with Crippen LogP contribution in [0.1, 0.15) is 6.92 Å². The van der Waals surface area contributed by atoms with Crippen molar-refractivity contribution in [2.45, 2.75) is 47.4 Å². The fourth-order valence-corrected chi connectivity index (χ4v) is 1.60. The van der Waals surface area contributed by atoms with Crippen LogP contribution >= 0.6 is 23.2 Å². The molecule has 4 nitrogen and oxygen atoms in total. The average molecular weight is 499 g/mol. The van der Waals surface area contributed by atoms with E-state index in [0.29, 0.717) is 6.92 Å². The number of alkyl halides is 14. The molecule has 1 atom stereocenters. The van der Waals surface area contributed by atoms with Gasteiger partial charge in [0.05, 0.1) is 0 Å². The van der Waals surface area contributed by atoms with E-state index < -0.39 is 58.9 Å². The molecule has 172 valence electrons. The molecular formula is C11H8Cl2F12N2O2. The summed E-state index contributed by atoms with van der Waals surface area (Å²) >= 11 is 7.58. The fraction of sp³-hybridized carbons (Fsp3) is 0.818. The molecule has 0 spiro atoms. The number of halogens is 14. The zero-order valence-corrected chi connectivity index (χ0v) is 14.9. The smallest absolute Gasteiger partial charge is 0.349 e. The van der Waals surface area contributed by atoms with Gasteiger partial charge in [0.2, 0.25) is 0 Å². The molecule has 0 heterocycles. The lowest BCUT2D eigenvalue weighted by Crippen LogP contribution is -2.62. The molecule has 18 heteroatoms. The molecule has 0 aliphatic rings. The average Bonchev–Trinajstić information content (AvgIpc) is 2.49. The standard InChI is InChI=1S/C11H8Cl2F12N2O2/c1-3(27-5(29)7(16,17)9(20,21)11(13,24)25)2-26-4(28)6(14,15)8(18,19)10(12,22)23/h3H,2H2,1H3,(H,26,28)(H,27,29)/t3-/m1/s1. The zero-order valence-electron chi connectivity index (χ0n) is 13.4. The molecular weight excluding hydrogens is 491 g/mol. The molecule has 0 saturated carbocycles. The van der Waals surface area contributed by atoms with Crippen LogP contribution in [0.15, 0.2) is 0 Å². The molecule has 2 amide bonds. The van der Waals surface area contributed by atoms with Crippen LogP contribution in [0.3, 0.4) is 0 Å². The van der Waals surface area contributed by atoms with E-state index in [1.165, 1.54) is 0 Å². The third-order valence-electron chi connectivity index (χ3n) is 3.02. The highest BCUT2D eigenvalue weighted by atomic mass is 35.5. The van der Waals surface area contributed by atoms with Crippen molar-refractivity contribution in [1.29, 1.82) is 0 Å². The topological polar surface area (TPSA) is 58.2 Å². The predicted molar refractivity (Wildman–Crippen MR) is 72.0 cm³/mol. The van der Waals surface area contributed by atoms with E-state index in [0.717, 1.165) is 10.6 Å². The SMILES string of the molecule is C[C@H](CNC(=O)C(F)(F)C(F)(F)C(F)(F)Cl)NC(=O)C(F)(F)C(F)(F)C(F)(F)Cl. The van der Waals surface area contributed by atoms with Gasteiger partial charge in [0.1, 0.15) is 0 Å². The van der Waals surface area contributed by atoms with E-state index in [4.69, 9.17) is 0 Å². The number of nitrogens with one attached hydrogen (secondary N) is 2. The molecule has 29 heavy (non-hydrogen) atoms. The van der Waals surface area contributed by atoms with Gasteiger partial charge < -0.3 is 10.6 Å². The van der Waals surface area contributed by atoms with E-state index in [1.54, 1.807) is 0 Å². The Morgan fingerprint density at radius 2 is 1.03 bits per heavy atom. The van der Waals surface area contributed by atoms with Gasteiger partial charge in [-0.05, 0) is 30.1 Å². The van der Waals surface area contributed by atoms with Crippen LogP contribution in [0, 0.1) is 0 Å². The van der Waals surface area contributed by atoms with Crippen LogP contribution in [0.4, 0.5) is 52.7 Å².